The predicted molar refractivity (Wildman–Crippen MR) is 71.6 cm³/mol. The SMILES string of the molecule is CC1Cc2cc(F)ccc2C(c2ccc(F)cc2)=N1. The van der Waals surface area contributed by atoms with Crippen LogP contribution in [-0.4, -0.2) is 11.8 Å². The lowest BCUT2D eigenvalue weighted by atomic mass is 9.91. The van der Waals surface area contributed by atoms with Gasteiger partial charge in [-0.2, -0.15) is 0 Å². The van der Waals surface area contributed by atoms with Crippen molar-refractivity contribution < 1.29 is 8.78 Å². The number of halogens is 2. The number of nitrogens with zero attached hydrogens (tertiary/aromatic N) is 1. The van der Waals surface area contributed by atoms with Crippen molar-refractivity contribution >= 4 is 5.71 Å². The van der Waals surface area contributed by atoms with Crippen LogP contribution < -0.4 is 0 Å². The van der Waals surface area contributed by atoms with E-state index in [4.69, 9.17) is 0 Å². The van der Waals surface area contributed by atoms with Crippen LogP contribution in [0.1, 0.15) is 23.6 Å². The second-order valence-corrected chi connectivity index (χ2v) is 4.84. The van der Waals surface area contributed by atoms with Crippen LogP contribution in [0.15, 0.2) is 47.5 Å². The first-order valence-corrected chi connectivity index (χ1v) is 6.26. The predicted octanol–water partition coefficient (Wildman–Crippen LogP) is 3.75. The average Bonchev–Trinajstić information content (AvgIpc) is 2.38. The Bertz CT molecular complexity index is 644. The molecule has 2 aromatic carbocycles. The molecule has 0 bridgehead atoms. The number of benzene rings is 2. The molecule has 0 saturated heterocycles. The Labute approximate surface area is 110 Å². The smallest absolute Gasteiger partial charge is 0.123 e. The largest absolute Gasteiger partial charge is 0.281 e. The molecular formula is C16H13F2N. The Kier molecular flexibility index (Phi) is 2.90. The van der Waals surface area contributed by atoms with Gasteiger partial charge in [0.1, 0.15) is 11.6 Å². The highest BCUT2D eigenvalue weighted by Crippen LogP contribution is 2.24. The normalized spacial score (nSPS) is 17.8. The van der Waals surface area contributed by atoms with Crippen LogP contribution >= 0.6 is 0 Å². The van der Waals surface area contributed by atoms with Gasteiger partial charge in [0.25, 0.3) is 0 Å². The summed E-state index contributed by atoms with van der Waals surface area (Å²) < 4.78 is 26.3. The van der Waals surface area contributed by atoms with Crippen LogP contribution in [0.3, 0.4) is 0 Å². The minimum atomic E-state index is -0.271. The van der Waals surface area contributed by atoms with Crippen LogP contribution in [0, 0.1) is 11.6 Å². The van der Waals surface area contributed by atoms with Gasteiger partial charge in [0, 0.05) is 11.1 Å². The van der Waals surface area contributed by atoms with E-state index < -0.39 is 0 Å². The van der Waals surface area contributed by atoms with E-state index in [9.17, 15) is 8.78 Å². The molecule has 3 heteroatoms. The van der Waals surface area contributed by atoms with Crippen molar-refractivity contribution in [3.63, 3.8) is 0 Å². The van der Waals surface area contributed by atoms with Gasteiger partial charge in [-0.1, -0.05) is 0 Å². The second-order valence-electron chi connectivity index (χ2n) is 4.84. The number of hydrogen-bond donors (Lipinski definition) is 0. The molecule has 1 heterocycles. The molecule has 0 radical (unpaired) electrons. The molecule has 1 atom stereocenters. The van der Waals surface area contributed by atoms with E-state index >= 15 is 0 Å². The van der Waals surface area contributed by atoms with Gasteiger partial charge >= 0.3 is 0 Å². The van der Waals surface area contributed by atoms with Crippen LogP contribution in [0.2, 0.25) is 0 Å². The summed E-state index contributed by atoms with van der Waals surface area (Å²) in [6, 6.07) is 11.1. The third-order valence-corrected chi connectivity index (χ3v) is 3.30. The van der Waals surface area contributed by atoms with Crippen molar-refractivity contribution in [2.45, 2.75) is 19.4 Å². The molecule has 0 spiro atoms. The second kappa shape index (κ2) is 4.57. The van der Waals surface area contributed by atoms with Crippen molar-refractivity contribution in [1.29, 1.82) is 0 Å². The summed E-state index contributed by atoms with van der Waals surface area (Å²) in [5, 5.41) is 0. The standard InChI is InChI=1S/C16H13F2N/c1-10-8-12-9-14(18)6-7-15(12)16(19-10)11-2-4-13(17)5-3-11/h2-7,9-10H,8H2,1H3. The van der Waals surface area contributed by atoms with Crippen molar-refractivity contribution in [3.05, 3.63) is 70.8 Å². The summed E-state index contributed by atoms with van der Waals surface area (Å²) in [7, 11) is 0. The zero-order chi connectivity index (χ0) is 13.4. The topological polar surface area (TPSA) is 12.4 Å². The zero-order valence-corrected chi connectivity index (χ0v) is 10.5. The van der Waals surface area contributed by atoms with Gasteiger partial charge in [0.2, 0.25) is 0 Å². The highest BCUT2D eigenvalue weighted by molar-refractivity contribution is 6.14. The van der Waals surface area contributed by atoms with Crippen LogP contribution in [0.5, 0.6) is 0 Å². The van der Waals surface area contributed by atoms with Gasteiger partial charge in [-0.05, 0) is 61.4 Å². The summed E-state index contributed by atoms with van der Waals surface area (Å²) in [5.41, 5.74) is 3.57. The molecule has 2 aromatic rings. The maximum absolute atomic E-state index is 13.3. The molecule has 0 amide bonds. The van der Waals surface area contributed by atoms with Gasteiger partial charge in [-0.3, -0.25) is 4.99 Å². The average molecular weight is 257 g/mol. The van der Waals surface area contributed by atoms with Crippen LogP contribution in [-0.2, 0) is 6.42 Å². The number of hydrogen-bond acceptors (Lipinski definition) is 1. The fourth-order valence-electron chi connectivity index (χ4n) is 2.45. The first-order chi connectivity index (χ1) is 9.13. The van der Waals surface area contributed by atoms with Crippen molar-refractivity contribution in [2.75, 3.05) is 0 Å². The van der Waals surface area contributed by atoms with Crippen molar-refractivity contribution in [2.24, 2.45) is 4.99 Å². The van der Waals surface area contributed by atoms with Gasteiger partial charge in [-0.25, -0.2) is 8.78 Å². The van der Waals surface area contributed by atoms with Gasteiger partial charge in [0.05, 0.1) is 11.8 Å². The Morgan fingerprint density at radius 1 is 1.00 bits per heavy atom. The molecule has 19 heavy (non-hydrogen) atoms. The molecule has 0 saturated carbocycles. The number of rotatable bonds is 1. The van der Waals surface area contributed by atoms with Gasteiger partial charge < -0.3 is 0 Å². The van der Waals surface area contributed by atoms with Gasteiger partial charge in [-0.15, -0.1) is 0 Å². The molecular weight excluding hydrogens is 244 g/mol. The maximum Gasteiger partial charge on any atom is 0.123 e. The van der Waals surface area contributed by atoms with Crippen LogP contribution in [0.4, 0.5) is 8.78 Å². The van der Waals surface area contributed by atoms with E-state index in [1.54, 1.807) is 24.3 Å². The molecule has 1 nitrogen and oxygen atoms in total. The molecule has 96 valence electrons. The summed E-state index contributed by atoms with van der Waals surface area (Å²) in [4.78, 5) is 4.62. The summed E-state index contributed by atoms with van der Waals surface area (Å²) in [6.45, 7) is 2.00. The molecule has 3 rings (SSSR count). The summed E-state index contributed by atoms with van der Waals surface area (Å²) >= 11 is 0. The first kappa shape index (κ1) is 12.0. The molecule has 0 fully saturated rings. The molecule has 0 aliphatic carbocycles. The molecule has 1 unspecified atom stereocenters. The molecule has 1 aliphatic heterocycles. The Morgan fingerprint density at radius 2 is 1.68 bits per heavy atom. The highest BCUT2D eigenvalue weighted by atomic mass is 19.1. The zero-order valence-electron chi connectivity index (χ0n) is 10.5. The lowest BCUT2D eigenvalue weighted by Crippen LogP contribution is -2.19. The quantitative estimate of drug-likeness (QED) is 0.738. The van der Waals surface area contributed by atoms with Crippen LogP contribution in [0.25, 0.3) is 0 Å². The van der Waals surface area contributed by atoms with Gasteiger partial charge in [0.15, 0.2) is 0 Å². The van der Waals surface area contributed by atoms with E-state index in [2.05, 4.69) is 4.99 Å². The third kappa shape index (κ3) is 2.28. The highest BCUT2D eigenvalue weighted by Gasteiger charge is 2.20. The van der Waals surface area contributed by atoms with E-state index in [-0.39, 0.29) is 17.7 Å². The van der Waals surface area contributed by atoms with E-state index in [0.717, 1.165) is 28.8 Å². The third-order valence-electron chi connectivity index (χ3n) is 3.30. The maximum atomic E-state index is 13.3. The lowest BCUT2D eigenvalue weighted by molar-refractivity contribution is 0.621. The van der Waals surface area contributed by atoms with E-state index in [0.29, 0.717) is 0 Å². The van der Waals surface area contributed by atoms with E-state index in [1.807, 2.05) is 6.92 Å². The summed E-state index contributed by atoms with van der Waals surface area (Å²) in [6.07, 6.45) is 0.734. The Hall–Kier alpha value is -2.03. The Balaban J connectivity index is 2.13. The lowest BCUT2D eigenvalue weighted by Gasteiger charge is -2.21. The number of fused-ring (bicyclic) bond motifs is 1. The fourth-order valence-corrected chi connectivity index (χ4v) is 2.45. The van der Waals surface area contributed by atoms with Crippen molar-refractivity contribution in [3.8, 4) is 0 Å². The van der Waals surface area contributed by atoms with Crippen molar-refractivity contribution in [1.82, 2.24) is 0 Å². The summed E-state index contributed by atoms with van der Waals surface area (Å²) in [5.74, 6) is -0.501. The molecule has 0 aromatic heterocycles. The van der Waals surface area contributed by atoms with E-state index in [1.165, 1.54) is 18.2 Å². The minimum Gasteiger partial charge on any atom is -0.281 e. The number of aliphatic imine (C=N–C) groups is 1. The molecule has 0 N–H and O–H groups in total. The fraction of sp³-hybridized carbons (Fsp3) is 0.188. The first-order valence-electron chi connectivity index (χ1n) is 6.26. The minimum absolute atomic E-state index is 0.106. The monoisotopic (exact) mass is 257 g/mol. The molecule has 1 aliphatic rings. The Morgan fingerprint density at radius 3 is 2.42 bits per heavy atom.